The summed E-state index contributed by atoms with van der Waals surface area (Å²) in [5, 5.41) is 0. The molecule has 0 spiro atoms. The van der Waals surface area contributed by atoms with Crippen molar-refractivity contribution in [1.29, 1.82) is 0 Å². The molecule has 0 aliphatic carbocycles. The number of H-pyrrole nitrogens is 1. The van der Waals surface area contributed by atoms with Crippen molar-refractivity contribution in [2.24, 2.45) is 0 Å². The summed E-state index contributed by atoms with van der Waals surface area (Å²) in [6, 6.07) is 5.45. The third-order valence-electron chi connectivity index (χ3n) is 2.73. The van der Waals surface area contributed by atoms with Crippen LogP contribution in [-0.2, 0) is 0 Å². The number of aromatic amines is 1. The van der Waals surface area contributed by atoms with E-state index < -0.39 is 17.5 Å². The summed E-state index contributed by atoms with van der Waals surface area (Å²) >= 11 is 0. The standard InChI is InChI=1S/C13H7F3N2/c14-9-4-7(5-10(15)12(9)16)8-6-18-11-2-1-3-17-13(8)11/h1-6,18H. The summed E-state index contributed by atoms with van der Waals surface area (Å²) in [5.74, 6) is -3.89. The lowest BCUT2D eigenvalue weighted by atomic mass is 10.1. The van der Waals surface area contributed by atoms with E-state index in [1.807, 2.05) is 0 Å². The molecular weight excluding hydrogens is 241 g/mol. The molecule has 0 amide bonds. The molecule has 1 N–H and O–H groups in total. The number of fused-ring (bicyclic) bond motifs is 1. The highest BCUT2D eigenvalue weighted by Gasteiger charge is 2.14. The summed E-state index contributed by atoms with van der Waals surface area (Å²) in [5.41, 5.74) is 2.11. The van der Waals surface area contributed by atoms with Gasteiger partial charge in [-0.2, -0.15) is 0 Å². The van der Waals surface area contributed by atoms with Crippen molar-refractivity contribution in [2.45, 2.75) is 0 Å². The summed E-state index contributed by atoms with van der Waals surface area (Å²) < 4.78 is 39.3. The molecule has 0 saturated heterocycles. The lowest BCUT2D eigenvalue weighted by Gasteiger charge is -2.01. The van der Waals surface area contributed by atoms with Crippen LogP contribution in [0.25, 0.3) is 22.2 Å². The van der Waals surface area contributed by atoms with E-state index in [1.165, 1.54) is 0 Å². The Hall–Kier alpha value is -2.30. The summed E-state index contributed by atoms with van der Waals surface area (Å²) in [6.45, 7) is 0. The van der Waals surface area contributed by atoms with E-state index >= 15 is 0 Å². The van der Waals surface area contributed by atoms with Crippen molar-refractivity contribution in [1.82, 2.24) is 9.97 Å². The Morgan fingerprint density at radius 1 is 1.06 bits per heavy atom. The molecule has 0 aliphatic rings. The molecule has 2 nitrogen and oxygen atoms in total. The summed E-state index contributed by atoms with van der Waals surface area (Å²) in [7, 11) is 0. The Morgan fingerprint density at radius 3 is 2.50 bits per heavy atom. The quantitative estimate of drug-likeness (QED) is 0.654. The number of pyridine rings is 1. The maximum absolute atomic E-state index is 13.2. The van der Waals surface area contributed by atoms with E-state index in [1.54, 1.807) is 24.5 Å². The molecule has 0 unspecified atom stereocenters. The van der Waals surface area contributed by atoms with Crippen molar-refractivity contribution in [3.63, 3.8) is 0 Å². The topological polar surface area (TPSA) is 28.7 Å². The monoisotopic (exact) mass is 248 g/mol. The largest absolute Gasteiger partial charge is 0.359 e. The molecule has 0 bridgehead atoms. The first-order valence-electron chi connectivity index (χ1n) is 5.24. The summed E-state index contributed by atoms with van der Waals surface area (Å²) in [4.78, 5) is 7.07. The van der Waals surface area contributed by atoms with Gasteiger partial charge in [0, 0.05) is 18.0 Å². The molecule has 1 aromatic carbocycles. The number of nitrogens with zero attached hydrogens (tertiary/aromatic N) is 1. The number of rotatable bonds is 1. The van der Waals surface area contributed by atoms with Crippen LogP contribution in [0.3, 0.4) is 0 Å². The van der Waals surface area contributed by atoms with Gasteiger partial charge in [-0.3, -0.25) is 4.98 Å². The first-order chi connectivity index (χ1) is 8.66. The lowest BCUT2D eigenvalue weighted by Crippen LogP contribution is -1.91. The first kappa shape index (κ1) is 10.8. The second-order valence-electron chi connectivity index (χ2n) is 3.86. The van der Waals surface area contributed by atoms with Crippen molar-refractivity contribution < 1.29 is 13.2 Å². The van der Waals surface area contributed by atoms with E-state index in [4.69, 9.17) is 0 Å². The second-order valence-corrected chi connectivity index (χ2v) is 3.86. The first-order valence-corrected chi connectivity index (χ1v) is 5.24. The molecule has 0 radical (unpaired) electrons. The van der Waals surface area contributed by atoms with Crippen molar-refractivity contribution in [3.05, 3.63) is 54.1 Å². The Morgan fingerprint density at radius 2 is 1.78 bits per heavy atom. The van der Waals surface area contributed by atoms with Gasteiger partial charge >= 0.3 is 0 Å². The zero-order valence-electron chi connectivity index (χ0n) is 9.05. The molecule has 0 atom stereocenters. The van der Waals surface area contributed by atoms with Gasteiger partial charge in [-0.05, 0) is 29.8 Å². The van der Waals surface area contributed by atoms with Gasteiger partial charge in [0.05, 0.1) is 11.0 Å². The average molecular weight is 248 g/mol. The fourth-order valence-corrected chi connectivity index (χ4v) is 1.89. The third kappa shape index (κ3) is 1.55. The van der Waals surface area contributed by atoms with Crippen molar-refractivity contribution in [3.8, 4) is 11.1 Å². The van der Waals surface area contributed by atoms with E-state index in [0.29, 0.717) is 11.1 Å². The average Bonchev–Trinajstić information content (AvgIpc) is 2.79. The van der Waals surface area contributed by atoms with Gasteiger partial charge in [0.15, 0.2) is 17.5 Å². The molecule has 3 rings (SSSR count). The fourth-order valence-electron chi connectivity index (χ4n) is 1.89. The maximum Gasteiger partial charge on any atom is 0.194 e. The lowest BCUT2D eigenvalue weighted by molar-refractivity contribution is 0.448. The highest BCUT2D eigenvalue weighted by atomic mass is 19.2. The van der Waals surface area contributed by atoms with Crippen LogP contribution >= 0.6 is 0 Å². The smallest absolute Gasteiger partial charge is 0.194 e. The molecule has 5 heteroatoms. The summed E-state index contributed by atoms with van der Waals surface area (Å²) in [6.07, 6.45) is 3.17. The normalized spacial score (nSPS) is 11.1. The molecule has 18 heavy (non-hydrogen) atoms. The van der Waals surface area contributed by atoms with Crippen LogP contribution in [0.5, 0.6) is 0 Å². The zero-order valence-corrected chi connectivity index (χ0v) is 9.05. The third-order valence-corrected chi connectivity index (χ3v) is 2.73. The molecule has 2 heterocycles. The minimum atomic E-state index is -1.47. The van der Waals surface area contributed by atoms with Crippen LogP contribution in [0.15, 0.2) is 36.7 Å². The number of nitrogens with one attached hydrogen (secondary N) is 1. The molecule has 90 valence electrons. The van der Waals surface area contributed by atoms with E-state index in [0.717, 1.165) is 17.6 Å². The van der Waals surface area contributed by atoms with Gasteiger partial charge in [-0.25, -0.2) is 13.2 Å². The Bertz CT molecular complexity index is 711. The SMILES string of the molecule is Fc1cc(-c2c[nH]c3cccnc23)cc(F)c1F. The van der Waals surface area contributed by atoms with Crippen LogP contribution in [0.1, 0.15) is 0 Å². The van der Waals surface area contributed by atoms with Gasteiger partial charge in [0.2, 0.25) is 0 Å². The molecule has 0 fully saturated rings. The minimum Gasteiger partial charge on any atom is -0.359 e. The van der Waals surface area contributed by atoms with Crippen molar-refractivity contribution >= 4 is 11.0 Å². The van der Waals surface area contributed by atoms with Crippen LogP contribution in [0.2, 0.25) is 0 Å². The molecule has 3 aromatic rings. The molecular formula is C13H7F3N2. The fraction of sp³-hybridized carbons (Fsp3) is 0. The van der Waals surface area contributed by atoms with Crippen molar-refractivity contribution in [2.75, 3.05) is 0 Å². The number of hydrogen-bond acceptors (Lipinski definition) is 1. The van der Waals surface area contributed by atoms with Crippen LogP contribution in [0, 0.1) is 17.5 Å². The number of hydrogen-bond donors (Lipinski definition) is 1. The minimum absolute atomic E-state index is 0.247. The number of benzene rings is 1. The maximum atomic E-state index is 13.2. The molecule has 0 aliphatic heterocycles. The van der Waals surface area contributed by atoms with Crippen LogP contribution in [0.4, 0.5) is 13.2 Å². The van der Waals surface area contributed by atoms with Crippen LogP contribution in [-0.4, -0.2) is 9.97 Å². The van der Waals surface area contributed by atoms with Gasteiger partial charge in [-0.1, -0.05) is 0 Å². The van der Waals surface area contributed by atoms with E-state index in [-0.39, 0.29) is 5.56 Å². The Balaban J connectivity index is 2.26. The van der Waals surface area contributed by atoms with E-state index in [2.05, 4.69) is 9.97 Å². The predicted octanol–water partition coefficient (Wildman–Crippen LogP) is 3.65. The Labute approximate surface area is 100 Å². The highest BCUT2D eigenvalue weighted by molar-refractivity contribution is 5.92. The van der Waals surface area contributed by atoms with Gasteiger partial charge in [-0.15, -0.1) is 0 Å². The molecule has 2 aromatic heterocycles. The highest BCUT2D eigenvalue weighted by Crippen LogP contribution is 2.28. The second kappa shape index (κ2) is 3.87. The van der Waals surface area contributed by atoms with Gasteiger partial charge < -0.3 is 4.98 Å². The molecule has 0 saturated carbocycles. The van der Waals surface area contributed by atoms with Gasteiger partial charge in [0.25, 0.3) is 0 Å². The van der Waals surface area contributed by atoms with Crippen LogP contribution < -0.4 is 0 Å². The number of halogens is 3. The van der Waals surface area contributed by atoms with Gasteiger partial charge in [0.1, 0.15) is 0 Å². The predicted molar refractivity (Wildman–Crippen MR) is 61.4 cm³/mol. The zero-order chi connectivity index (χ0) is 12.7. The number of aromatic nitrogens is 2. The Kier molecular flexibility index (Phi) is 2.33. The van der Waals surface area contributed by atoms with E-state index in [9.17, 15) is 13.2 Å².